The van der Waals surface area contributed by atoms with Crippen molar-refractivity contribution in [3.8, 4) is 11.5 Å². The average Bonchev–Trinajstić information content (AvgIpc) is 2.78. The van der Waals surface area contributed by atoms with Crippen molar-refractivity contribution < 1.29 is 9.47 Å². The van der Waals surface area contributed by atoms with Gasteiger partial charge in [0.15, 0.2) is 11.5 Å². The maximum absolute atomic E-state index is 5.90. The molecule has 0 unspecified atom stereocenters. The van der Waals surface area contributed by atoms with E-state index in [0.29, 0.717) is 30.6 Å². The lowest BCUT2D eigenvalue weighted by Gasteiger charge is -2.15. The number of ether oxygens (including phenoxy) is 2. The maximum Gasteiger partial charge on any atom is 0.225 e. The molecule has 7 nitrogen and oxygen atoms in total. The quantitative estimate of drug-likeness (QED) is 0.291. The first-order valence-corrected chi connectivity index (χ1v) is 11.9. The van der Waals surface area contributed by atoms with E-state index >= 15 is 0 Å². The molecule has 1 aromatic heterocycles. The summed E-state index contributed by atoms with van der Waals surface area (Å²) < 4.78 is 11.5. The van der Waals surface area contributed by atoms with Crippen molar-refractivity contribution in [2.75, 3.05) is 44.0 Å². The van der Waals surface area contributed by atoms with Crippen molar-refractivity contribution >= 4 is 22.7 Å². The second-order valence-corrected chi connectivity index (χ2v) is 7.88. The third kappa shape index (κ3) is 8.40. The van der Waals surface area contributed by atoms with Gasteiger partial charge in [0.25, 0.3) is 0 Å². The first-order valence-electron chi connectivity index (χ1n) is 11.9. The first kappa shape index (κ1) is 25.0. The monoisotopic (exact) mass is 431 g/mol. The van der Waals surface area contributed by atoms with Crippen LogP contribution in [0.3, 0.4) is 0 Å². The molecule has 0 fully saturated rings. The van der Waals surface area contributed by atoms with E-state index in [1.165, 1.54) is 38.5 Å². The van der Waals surface area contributed by atoms with Crippen LogP contribution in [-0.4, -0.2) is 43.3 Å². The van der Waals surface area contributed by atoms with Crippen LogP contribution in [0.15, 0.2) is 12.1 Å². The van der Waals surface area contributed by atoms with Gasteiger partial charge in [-0.3, -0.25) is 0 Å². The molecule has 0 bridgehead atoms. The fourth-order valence-electron chi connectivity index (χ4n) is 3.40. The molecule has 0 radical (unpaired) electrons. The molecule has 0 saturated carbocycles. The SMILES string of the molecule is CCCCCCNc1nc(NCCCCCC)c2cc(OC)c(OCCCN)cc2n1. The molecule has 4 N–H and O–H groups in total. The van der Waals surface area contributed by atoms with E-state index in [-0.39, 0.29) is 0 Å². The van der Waals surface area contributed by atoms with Crippen LogP contribution in [0.1, 0.15) is 71.6 Å². The second kappa shape index (κ2) is 14.7. The summed E-state index contributed by atoms with van der Waals surface area (Å²) in [7, 11) is 1.65. The Bertz CT molecular complexity index is 769. The number of methoxy groups -OCH3 is 1. The molecule has 7 heteroatoms. The Morgan fingerprint density at radius 3 is 2.19 bits per heavy atom. The molecule has 0 saturated heterocycles. The molecule has 0 aliphatic carbocycles. The Kier molecular flexibility index (Phi) is 11.8. The van der Waals surface area contributed by atoms with Crippen molar-refractivity contribution in [2.45, 2.75) is 71.6 Å². The van der Waals surface area contributed by atoms with Crippen molar-refractivity contribution in [1.29, 1.82) is 0 Å². The predicted molar refractivity (Wildman–Crippen MR) is 131 cm³/mol. The summed E-state index contributed by atoms with van der Waals surface area (Å²) in [5, 5.41) is 7.85. The number of aromatic nitrogens is 2. The van der Waals surface area contributed by atoms with E-state index in [4.69, 9.17) is 25.2 Å². The predicted octanol–water partition coefficient (Wildman–Crippen LogP) is 5.35. The summed E-state index contributed by atoms with van der Waals surface area (Å²) in [6, 6.07) is 3.91. The Morgan fingerprint density at radius 1 is 0.839 bits per heavy atom. The highest BCUT2D eigenvalue weighted by Gasteiger charge is 2.14. The van der Waals surface area contributed by atoms with Gasteiger partial charge in [0.2, 0.25) is 5.95 Å². The van der Waals surface area contributed by atoms with E-state index < -0.39 is 0 Å². The van der Waals surface area contributed by atoms with Gasteiger partial charge < -0.3 is 25.8 Å². The van der Waals surface area contributed by atoms with Gasteiger partial charge in [-0.1, -0.05) is 52.4 Å². The maximum atomic E-state index is 5.90. The molecule has 0 aliphatic rings. The molecular formula is C24H41N5O2. The van der Waals surface area contributed by atoms with Gasteiger partial charge >= 0.3 is 0 Å². The number of benzene rings is 1. The van der Waals surface area contributed by atoms with Gasteiger partial charge in [-0.2, -0.15) is 4.98 Å². The molecule has 0 aliphatic heterocycles. The normalized spacial score (nSPS) is 11.0. The third-order valence-corrected chi connectivity index (χ3v) is 5.22. The first-order chi connectivity index (χ1) is 15.2. The van der Waals surface area contributed by atoms with Gasteiger partial charge in [-0.05, 0) is 31.9 Å². The van der Waals surface area contributed by atoms with E-state index in [2.05, 4.69) is 24.5 Å². The zero-order valence-corrected chi connectivity index (χ0v) is 19.6. The number of nitrogens with zero attached hydrogens (tertiary/aromatic N) is 2. The second-order valence-electron chi connectivity index (χ2n) is 7.88. The van der Waals surface area contributed by atoms with E-state index in [1.54, 1.807) is 7.11 Å². The molecule has 2 aromatic rings. The molecule has 0 spiro atoms. The van der Waals surface area contributed by atoms with Crippen molar-refractivity contribution in [1.82, 2.24) is 9.97 Å². The molecule has 2 rings (SSSR count). The molecule has 0 atom stereocenters. The van der Waals surface area contributed by atoms with Crippen LogP contribution in [-0.2, 0) is 0 Å². The lowest BCUT2D eigenvalue weighted by Crippen LogP contribution is -2.10. The van der Waals surface area contributed by atoms with Crippen molar-refractivity contribution in [2.24, 2.45) is 5.73 Å². The summed E-state index contributed by atoms with van der Waals surface area (Å²) in [6.45, 7) is 7.35. The van der Waals surface area contributed by atoms with Crippen LogP contribution in [0, 0.1) is 0 Å². The van der Waals surface area contributed by atoms with Crippen molar-refractivity contribution in [3.63, 3.8) is 0 Å². The minimum atomic E-state index is 0.550. The van der Waals surface area contributed by atoms with Crippen LogP contribution < -0.4 is 25.8 Å². The summed E-state index contributed by atoms with van der Waals surface area (Å²) in [4.78, 5) is 9.52. The molecular weight excluding hydrogens is 390 g/mol. The standard InChI is InChI=1S/C24H41N5O2/c1-4-6-8-10-14-26-23-19-17-21(30-3)22(31-16-12-13-25)18-20(19)28-24(29-23)27-15-11-9-7-5-2/h17-18H,4-16,25H2,1-3H3,(H2,26,27,28,29). The van der Waals surface area contributed by atoms with Crippen LogP contribution >= 0.6 is 0 Å². The zero-order valence-electron chi connectivity index (χ0n) is 19.6. The number of nitrogens with two attached hydrogens (primary N) is 1. The highest BCUT2D eigenvalue weighted by atomic mass is 16.5. The Balaban J connectivity index is 2.24. The largest absolute Gasteiger partial charge is 0.493 e. The Hall–Kier alpha value is -2.28. The zero-order chi connectivity index (χ0) is 22.3. The van der Waals surface area contributed by atoms with Gasteiger partial charge in [0, 0.05) is 24.5 Å². The van der Waals surface area contributed by atoms with Gasteiger partial charge in [-0.25, -0.2) is 4.98 Å². The number of anilines is 2. The summed E-state index contributed by atoms with van der Waals surface area (Å²) in [5.41, 5.74) is 6.44. The number of unbranched alkanes of at least 4 members (excludes halogenated alkanes) is 6. The third-order valence-electron chi connectivity index (χ3n) is 5.22. The van der Waals surface area contributed by atoms with Crippen LogP contribution in [0.25, 0.3) is 10.9 Å². The summed E-state index contributed by atoms with van der Waals surface area (Å²) >= 11 is 0. The summed E-state index contributed by atoms with van der Waals surface area (Å²) in [5.74, 6) is 2.86. The Labute approximate surface area is 187 Å². The molecule has 1 aromatic carbocycles. The van der Waals surface area contributed by atoms with Gasteiger partial charge in [0.1, 0.15) is 5.82 Å². The minimum absolute atomic E-state index is 0.550. The topological polar surface area (TPSA) is 94.3 Å². The number of hydrogen-bond donors (Lipinski definition) is 3. The number of nitrogens with one attached hydrogen (secondary N) is 2. The minimum Gasteiger partial charge on any atom is -0.493 e. The number of hydrogen-bond acceptors (Lipinski definition) is 7. The lowest BCUT2D eigenvalue weighted by molar-refractivity contribution is 0.292. The molecule has 1 heterocycles. The van der Waals surface area contributed by atoms with E-state index in [9.17, 15) is 0 Å². The fraction of sp³-hybridized carbons (Fsp3) is 0.667. The fourth-order valence-corrected chi connectivity index (χ4v) is 3.40. The van der Waals surface area contributed by atoms with Crippen LogP contribution in [0.2, 0.25) is 0 Å². The number of fused-ring (bicyclic) bond motifs is 1. The number of rotatable bonds is 17. The summed E-state index contributed by atoms with van der Waals surface area (Å²) in [6.07, 6.45) is 10.4. The van der Waals surface area contributed by atoms with E-state index in [0.717, 1.165) is 49.1 Å². The van der Waals surface area contributed by atoms with Crippen LogP contribution in [0.5, 0.6) is 11.5 Å². The average molecular weight is 432 g/mol. The smallest absolute Gasteiger partial charge is 0.225 e. The van der Waals surface area contributed by atoms with Crippen molar-refractivity contribution in [3.05, 3.63) is 12.1 Å². The van der Waals surface area contributed by atoms with Gasteiger partial charge in [0.05, 0.1) is 19.2 Å². The van der Waals surface area contributed by atoms with Crippen LogP contribution in [0.4, 0.5) is 11.8 Å². The highest BCUT2D eigenvalue weighted by Crippen LogP contribution is 2.35. The van der Waals surface area contributed by atoms with Gasteiger partial charge in [-0.15, -0.1) is 0 Å². The highest BCUT2D eigenvalue weighted by molar-refractivity contribution is 5.92. The molecule has 174 valence electrons. The van der Waals surface area contributed by atoms with E-state index in [1.807, 2.05) is 12.1 Å². The lowest BCUT2D eigenvalue weighted by atomic mass is 10.2. The Morgan fingerprint density at radius 2 is 1.55 bits per heavy atom. The molecule has 0 amide bonds. The molecule has 31 heavy (non-hydrogen) atoms.